The van der Waals surface area contributed by atoms with Gasteiger partial charge in [-0.05, 0) is 12.1 Å². The molecular formula is C12H13BrClN3O2. The van der Waals surface area contributed by atoms with Crippen molar-refractivity contribution in [3.8, 4) is 11.4 Å². The highest BCUT2D eigenvalue weighted by atomic mass is 79.9. The Bertz CT molecular complexity index is 543. The van der Waals surface area contributed by atoms with E-state index in [0.717, 1.165) is 16.6 Å². The van der Waals surface area contributed by atoms with Gasteiger partial charge in [-0.2, -0.15) is 4.98 Å². The highest BCUT2D eigenvalue weighted by molar-refractivity contribution is 9.10. The van der Waals surface area contributed by atoms with Crippen molar-refractivity contribution in [3.05, 3.63) is 34.6 Å². The number of nitrogens with zero attached hydrogens (tertiary/aromatic N) is 2. The molecule has 1 fully saturated rings. The largest absolute Gasteiger partial charge is 0.366 e. The normalized spacial score (nSPS) is 18.9. The third-order valence-electron chi connectivity index (χ3n) is 2.73. The number of halogens is 2. The van der Waals surface area contributed by atoms with Crippen LogP contribution in [-0.4, -0.2) is 29.8 Å². The Morgan fingerprint density at radius 3 is 3.00 bits per heavy atom. The van der Waals surface area contributed by atoms with Gasteiger partial charge in [0.25, 0.3) is 5.89 Å². The molecular weight excluding hydrogens is 334 g/mol. The van der Waals surface area contributed by atoms with Crippen molar-refractivity contribution in [2.24, 2.45) is 0 Å². The van der Waals surface area contributed by atoms with Gasteiger partial charge in [0.15, 0.2) is 0 Å². The van der Waals surface area contributed by atoms with Crippen LogP contribution in [0.1, 0.15) is 12.0 Å². The number of benzene rings is 1. The van der Waals surface area contributed by atoms with Crippen molar-refractivity contribution in [1.29, 1.82) is 0 Å². The predicted octanol–water partition coefficient (Wildman–Crippen LogP) is 2.58. The van der Waals surface area contributed by atoms with Crippen LogP contribution in [0, 0.1) is 0 Å². The molecule has 7 heteroatoms. The highest BCUT2D eigenvalue weighted by Gasteiger charge is 2.22. The zero-order valence-electron chi connectivity index (χ0n) is 10.0. The number of aromatic nitrogens is 2. The molecule has 1 aliphatic heterocycles. The van der Waals surface area contributed by atoms with Gasteiger partial charge in [-0.1, -0.05) is 33.2 Å². The molecule has 1 saturated heterocycles. The maximum absolute atomic E-state index is 5.57. The second-order valence-corrected chi connectivity index (χ2v) is 4.95. The molecule has 19 heavy (non-hydrogen) atoms. The summed E-state index contributed by atoms with van der Waals surface area (Å²) in [6.07, 6.45) is -0.146. The third-order valence-corrected chi connectivity index (χ3v) is 3.22. The molecule has 0 radical (unpaired) electrons. The van der Waals surface area contributed by atoms with Crippen molar-refractivity contribution in [1.82, 2.24) is 15.5 Å². The van der Waals surface area contributed by atoms with E-state index < -0.39 is 0 Å². The average Bonchev–Trinajstić information content (AvgIpc) is 2.89. The van der Waals surface area contributed by atoms with E-state index in [0.29, 0.717) is 24.9 Å². The Kier molecular flexibility index (Phi) is 4.93. The zero-order valence-corrected chi connectivity index (χ0v) is 12.4. The molecule has 0 amide bonds. The summed E-state index contributed by atoms with van der Waals surface area (Å²) in [5.74, 6) is 1.11. The molecule has 1 atom stereocenters. The number of hydrogen-bond acceptors (Lipinski definition) is 5. The lowest BCUT2D eigenvalue weighted by Crippen LogP contribution is -2.33. The first-order valence-electron chi connectivity index (χ1n) is 5.75. The van der Waals surface area contributed by atoms with E-state index in [-0.39, 0.29) is 18.5 Å². The van der Waals surface area contributed by atoms with Gasteiger partial charge < -0.3 is 14.6 Å². The number of morpholine rings is 1. The molecule has 5 nitrogen and oxygen atoms in total. The van der Waals surface area contributed by atoms with Crippen molar-refractivity contribution in [3.63, 3.8) is 0 Å². The number of hydrogen-bond donors (Lipinski definition) is 1. The molecule has 0 unspecified atom stereocenters. The predicted molar refractivity (Wildman–Crippen MR) is 76.2 cm³/mol. The first-order chi connectivity index (χ1) is 8.83. The van der Waals surface area contributed by atoms with E-state index in [2.05, 4.69) is 31.4 Å². The maximum Gasteiger partial charge on any atom is 0.257 e. The monoisotopic (exact) mass is 345 g/mol. The Balaban J connectivity index is 0.00000133. The highest BCUT2D eigenvalue weighted by Crippen LogP contribution is 2.23. The molecule has 1 N–H and O–H groups in total. The zero-order chi connectivity index (χ0) is 12.4. The molecule has 1 aromatic heterocycles. The van der Waals surface area contributed by atoms with Crippen LogP contribution in [0.25, 0.3) is 11.4 Å². The van der Waals surface area contributed by atoms with Crippen LogP contribution in [0.2, 0.25) is 0 Å². The first kappa shape index (κ1) is 14.5. The van der Waals surface area contributed by atoms with E-state index in [4.69, 9.17) is 9.26 Å². The van der Waals surface area contributed by atoms with Crippen LogP contribution in [-0.2, 0) is 4.74 Å². The lowest BCUT2D eigenvalue weighted by Gasteiger charge is -2.19. The minimum atomic E-state index is -0.146. The van der Waals surface area contributed by atoms with Gasteiger partial charge in [-0.25, -0.2) is 0 Å². The fourth-order valence-electron chi connectivity index (χ4n) is 1.83. The molecule has 102 valence electrons. The smallest absolute Gasteiger partial charge is 0.257 e. The minimum absolute atomic E-state index is 0. The van der Waals surface area contributed by atoms with Crippen molar-refractivity contribution < 1.29 is 9.26 Å². The van der Waals surface area contributed by atoms with E-state index in [9.17, 15) is 0 Å². The van der Waals surface area contributed by atoms with Crippen LogP contribution in [0.4, 0.5) is 0 Å². The van der Waals surface area contributed by atoms with Crippen molar-refractivity contribution >= 4 is 28.3 Å². The van der Waals surface area contributed by atoms with Crippen LogP contribution in [0.3, 0.4) is 0 Å². The van der Waals surface area contributed by atoms with E-state index in [1.54, 1.807) is 0 Å². The van der Waals surface area contributed by atoms with E-state index >= 15 is 0 Å². The molecule has 1 aromatic carbocycles. The summed E-state index contributed by atoms with van der Waals surface area (Å²) >= 11 is 3.42. The summed E-state index contributed by atoms with van der Waals surface area (Å²) in [6, 6.07) is 7.79. The summed E-state index contributed by atoms with van der Waals surface area (Å²) in [6.45, 7) is 2.24. The second-order valence-electron chi connectivity index (χ2n) is 4.03. The lowest BCUT2D eigenvalue weighted by atomic mass is 10.2. The minimum Gasteiger partial charge on any atom is -0.366 e. The molecule has 0 saturated carbocycles. The number of nitrogens with one attached hydrogen (secondary N) is 1. The van der Waals surface area contributed by atoms with Gasteiger partial charge in [-0.3, -0.25) is 0 Å². The summed E-state index contributed by atoms with van der Waals surface area (Å²) in [5, 5.41) is 7.22. The SMILES string of the molecule is Brc1cccc(-c2noc([C@H]3CNCCO3)n2)c1.Cl. The first-order valence-corrected chi connectivity index (χ1v) is 6.54. The summed E-state index contributed by atoms with van der Waals surface area (Å²) in [5.41, 5.74) is 0.920. The standard InChI is InChI=1S/C12H12BrN3O2.ClH/c13-9-3-1-2-8(6-9)11-15-12(18-16-11)10-7-14-4-5-17-10;/h1-3,6,10,14H,4-5,7H2;1H/t10-;/m1./s1. The summed E-state index contributed by atoms with van der Waals surface area (Å²) in [4.78, 5) is 4.38. The number of ether oxygens (including phenoxy) is 1. The van der Waals surface area contributed by atoms with Crippen molar-refractivity contribution in [2.45, 2.75) is 6.10 Å². The Morgan fingerprint density at radius 2 is 2.26 bits per heavy atom. The molecule has 2 aromatic rings. The maximum atomic E-state index is 5.57. The fraction of sp³-hybridized carbons (Fsp3) is 0.333. The summed E-state index contributed by atoms with van der Waals surface area (Å²) < 4.78 is 11.8. The van der Waals surface area contributed by atoms with Crippen LogP contribution >= 0.6 is 28.3 Å². The summed E-state index contributed by atoms with van der Waals surface area (Å²) in [7, 11) is 0. The lowest BCUT2D eigenvalue weighted by molar-refractivity contribution is 0.00755. The Hall–Kier alpha value is -0.950. The molecule has 3 rings (SSSR count). The van der Waals surface area contributed by atoms with Crippen molar-refractivity contribution in [2.75, 3.05) is 19.7 Å². The quantitative estimate of drug-likeness (QED) is 0.905. The topological polar surface area (TPSA) is 60.2 Å². The third kappa shape index (κ3) is 3.33. The Morgan fingerprint density at radius 1 is 1.37 bits per heavy atom. The van der Waals surface area contributed by atoms with Crippen LogP contribution in [0.15, 0.2) is 33.3 Å². The van der Waals surface area contributed by atoms with Crippen LogP contribution in [0.5, 0.6) is 0 Å². The molecule has 0 bridgehead atoms. The molecule has 0 aliphatic carbocycles. The van der Waals surface area contributed by atoms with E-state index in [1.807, 2.05) is 24.3 Å². The van der Waals surface area contributed by atoms with Gasteiger partial charge in [-0.15, -0.1) is 12.4 Å². The van der Waals surface area contributed by atoms with Gasteiger partial charge >= 0.3 is 0 Å². The second kappa shape index (κ2) is 6.47. The van der Waals surface area contributed by atoms with Gasteiger partial charge in [0.2, 0.25) is 5.82 Å². The fourth-order valence-corrected chi connectivity index (χ4v) is 2.23. The van der Waals surface area contributed by atoms with Gasteiger partial charge in [0.05, 0.1) is 6.61 Å². The molecule has 1 aliphatic rings. The number of rotatable bonds is 2. The van der Waals surface area contributed by atoms with E-state index in [1.165, 1.54) is 0 Å². The molecule has 2 heterocycles. The molecule has 0 spiro atoms. The van der Waals surface area contributed by atoms with Gasteiger partial charge in [0, 0.05) is 23.1 Å². The Labute approximate surface area is 125 Å². The average molecular weight is 347 g/mol. The van der Waals surface area contributed by atoms with Crippen LogP contribution < -0.4 is 5.32 Å². The van der Waals surface area contributed by atoms with Gasteiger partial charge in [0.1, 0.15) is 6.10 Å².